The number of ketones is 1. The molecule has 0 spiro atoms. The molecule has 0 saturated carbocycles. The number of carbonyl (C=O) groups is 1. The van der Waals surface area contributed by atoms with E-state index in [1.165, 1.54) is 47.3 Å². The van der Waals surface area contributed by atoms with Crippen molar-refractivity contribution < 1.29 is 4.79 Å². The summed E-state index contributed by atoms with van der Waals surface area (Å²) in [6.45, 7) is 2.06. The lowest BCUT2D eigenvalue weighted by atomic mass is 9.96. The molecule has 0 fully saturated rings. The van der Waals surface area contributed by atoms with Crippen LogP contribution >= 0.6 is 34.0 Å². The molecule has 1 aliphatic rings. The van der Waals surface area contributed by atoms with E-state index in [0.29, 0.717) is 5.78 Å². The molecule has 1 atom stereocenters. The van der Waals surface area contributed by atoms with Crippen LogP contribution < -0.4 is 0 Å². The third-order valence-electron chi connectivity index (χ3n) is 5.66. The normalized spacial score (nSPS) is 16.3. The first-order valence-corrected chi connectivity index (χ1v) is 11.9. The molecule has 6 rings (SSSR count). The topological polar surface area (TPSA) is 17.1 Å². The fourth-order valence-electron chi connectivity index (χ4n) is 4.28. The maximum atomic E-state index is 12.8. The number of benzene rings is 2. The molecule has 1 aliphatic carbocycles. The molecule has 0 radical (unpaired) electrons. The van der Waals surface area contributed by atoms with E-state index in [4.69, 9.17) is 0 Å². The minimum Gasteiger partial charge on any atom is -0.293 e. The highest BCUT2D eigenvalue weighted by molar-refractivity contribution is 7.21. The van der Waals surface area contributed by atoms with Gasteiger partial charge in [-0.05, 0) is 29.5 Å². The van der Waals surface area contributed by atoms with E-state index in [1.54, 1.807) is 34.0 Å². The number of fused-ring (bicyclic) bond motifs is 3. The second-order valence-electron chi connectivity index (χ2n) is 7.37. The van der Waals surface area contributed by atoms with Crippen LogP contribution in [0.1, 0.15) is 22.2 Å². The van der Waals surface area contributed by atoms with Crippen LogP contribution in [0.15, 0.2) is 59.3 Å². The Balaban J connectivity index is 1.70. The first kappa shape index (κ1) is 16.7. The number of carbonyl (C=O) groups excluding carboxylic acids is 1. The average molecular weight is 417 g/mol. The maximum Gasteiger partial charge on any atom is 0.176 e. The van der Waals surface area contributed by atoms with E-state index in [1.807, 2.05) is 0 Å². The van der Waals surface area contributed by atoms with Gasteiger partial charge in [0.2, 0.25) is 0 Å². The minimum absolute atomic E-state index is 0.0955. The summed E-state index contributed by atoms with van der Waals surface area (Å²) in [5.74, 6) is 0.407. The van der Waals surface area contributed by atoms with Gasteiger partial charge in [0.05, 0.1) is 4.88 Å². The van der Waals surface area contributed by atoms with Gasteiger partial charge >= 0.3 is 0 Å². The van der Waals surface area contributed by atoms with Gasteiger partial charge in [0.1, 0.15) is 0 Å². The van der Waals surface area contributed by atoms with Crippen molar-refractivity contribution in [1.29, 1.82) is 0 Å². The molecule has 0 bridgehead atoms. The lowest BCUT2D eigenvalue weighted by molar-refractivity contribution is 0.0949. The van der Waals surface area contributed by atoms with Crippen molar-refractivity contribution in [2.75, 3.05) is 0 Å². The number of hydrogen-bond donors (Lipinski definition) is 0. The zero-order chi connectivity index (χ0) is 18.8. The van der Waals surface area contributed by atoms with E-state index >= 15 is 0 Å². The molecule has 3 aromatic heterocycles. The Morgan fingerprint density at radius 2 is 1.43 bits per heavy atom. The number of thiophene rings is 3. The van der Waals surface area contributed by atoms with Crippen molar-refractivity contribution in [2.24, 2.45) is 5.92 Å². The highest BCUT2D eigenvalue weighted by Crippen LogP contribution is 2.52. The number of Topliss-reactive ketones (excluding diaryl/α,β-unsaturated/α-hetero) is 1. The summed E-state index contributed by atoms with van der Waals surface area (Å²) in [6.07, 6.45) is 0.853. The summed E-state index contributed by atoms with van der Waals surface area (Å²) in [7, 11) is 0. The molecule has 0 N–H and O–H groups in total. The Morgan fingerprint density at radius 3 is 2.14 bits per heavy atom. The smallest absolute Gasteiger partial charge is 0.176 e. The molecule has 28 heavy (non-hydrogen) atoms. The van der Waals surface area contributed by atoms with Crippen LogP contribution in [0, 0.1) is 5.92 Å². The van der Waals surface area contributed by atoms with Crippen molar-refractivity contribution in [3.63, 3.8) is 0 Å². The summed E-state index contributed by atoms with van der Waals surface area (Å²) >= 11 is 5.28. The van der Waals surface area contributed by atoms with Crippen molar-refractivity contribution in [2.45, 2.75) is 13.3 Å². The maximum absolute atomic E-state index is 12.8. The van der Waals surface area contributed by atoms with E-state index < -0.39 is 0 Å². The lowest BCUT2D eigenvalue weighted by Gasteiger charge is -2.07. The monoisotopic (exact) mass is 416 g/mol. The van der Waals surface area contributed by atoms with Gasteiger partial charge < -0.3 is 0 Å². The molecule has 5 aromatic rings. The summed E-state index contributed by atoms with van der Waals surface area (Å²) < 4.78 is 2.60. The molecule has 0 amide bonds. The van der Waals surface area contributed by atoms with Crippen molar-refractivity contribution in [3.05, 3.63) is 69.7 Å². The second-order valence-corrected chi connectivity index (χ2v) is 10.2. The summed E-state index contributed by atoms with van der Waals surface area (Å²) in [4.78, 5) is 15.1. The summed E-state index contributed by atoms with van der Waals surface area (Å²) in [5.41, 5.74) is 5.10. The Kier molecular flexibility index (Phi) is 3.64. The molecule has 0 aliphatic heterocycles. The fourth-order valence-corrected chi connectivity index (χ4v) is 7.69. The predicted molar refractivity (Wildman–Crippen MR) is 123 cm³/mol. The summed E-state index contributed by atoms with van der Waals surface area (Å²) in [5, 5.41) is 7.12. The van der Waals surface area contributed by atoms with Gasteiger partial charge in [-0.15, -0.1) is 34.0 Å². The van der Waals surface area contributed by atoms with Crippen LogP contribution in [0.5, 0.6) is 0 Å². The van der Waals surface area contributed by atoms with Crippen LogP contribution in [0.25, 0.3) is 41.7 Å². The predicted octanol–water partition coefficient (Wildman–Crippen LogP) is 7.89. The van der Waals surface area contributed by atoms with Gasteiger partial charge in [-0.25, -0.2) is 0 Å². The van der Waals surface area contributed by atoms with Gasteiger partial charge in [0.25, 0.3) is 0 Å². The molecule has 3 heterocycles. The molecule has 1 unspecified atom stereocenters. The molecular weight excluding hydrogens is 400 g/mol. The van der Waals surface area contributed by atoms with E-state index in [-0.39, 0.29) is 5.92 Å². The highest BCUT2D eigenvalue weighted by Gasteiger charge is 2.35. The Labute approximate surface area is 174 Å². The standard InChI is InChI=1S/C24H16OS3/c1-13-10-16-21(17-11-26-19-8-4-2-6-14(17)19)23(28-24(16)22(13)25)18-12-27-20-9-5-3-7-15(18)20/h2-9,11-13H,10H2,1H3. The van der Waals surface area contributed by atoms with E-state index in [9.17, 15) is 4.79 Å². The van der Waals surface area contributed by atoms with Crippen LogP contribution in [0.3, 0.4) is 0 Å². The van der Waals surface area contributed by atoms with Crippen molar-refractivity contribution in [3.8, 4) is 21.6 Å². The zero-order valence-electron chi connectivity index (χ0n) is 15.2. The van der Waals surface area contributed by atoms with Crippen LogP contribution in [-0.4, -0.2) is 5.78 Å². The van der Waals surface area contributed by atoms with Gasteiger partial charge in [0, 0.05) is 53.0 Å². The molecule has 136 valence electrons. The molecule has 1 nitrogen and oxygen atoms in total. The average Bonchev–Trinajstić information content (AvgIpc) is 3.46. The van der Waals surface area contributed by atoms with Crippen LogP contribution in [0.2, 0.25) is 0 Å². The minimum atomic E-state index is 0.0955. The quantitative estimate of drug-likeness (QED) is 0.286. The van der Waals surface area contributed by atoms with E-state index in [0.717, 1.165) is 11.3 Å². The SMILES string of the molecule is CC1Cc2c(sc(-c3csc4ccccc34)c2-c2csc3ccccc23)C1=O. The second kappa shape index (κ2) is 6.11. The van der Waals surface area contributed by atoms with E-state index in [2.05, 4.69) is 66.2 Å². The Hall–Kier alpha value is -2.27. The Bertz CT molecular complexity index is 1380. The molecule has 4 heteroatoms. The first-order valence-electron chi connectivity index (χ1n) is 9.35. The molecule has 2 aromatic carbocycles. The van der Waals surface area contributed by atoms with Gasteiger partial charge in [-0.3, -0.25) is 4.79 Å². The number of rotatable bonds is 2. The van der Waals surface area contributed by atoms with Gasteiger partial charge in [0.15, 0.2) is 5.78 Å². The first-order chi connectivity index (χ1) is 13.7. The third kappa shape index (κ3) is 2.26. The van der Waals surface area contributed by atoms with Crippen LogP contribution in [0.4, 0.5) is 0 Å². The Morgan fingerprint density at radius 1 is 0.821 bits per heavy atom. The third-order valence-corrected chi connectivity index (χ3v) is 8.87. The summed E-state index contributed by atoms with van der Waals surface area (Å²) in [6, 6.07) is 17.2. The van der Waals surface area contributed by atoms with Crippen LogP contribution in [-0.2, 0) is 6.42 Å². The largest absolute Gasteiger partial charge is 0.293 e. The lowest BCUT2D eigenvalue weighted by Crippen LogP contribution is -2.02. The zero-order valence-corrected chi connectivity index (χ0v) is 17.6. The van der Waals surface area contributed by atoms with Crippen molar-refractivity contribution in [1.82, 2.24) is 0 Å². The highest BCUT2D eigenvalue weighted by atomic mass is 32.1. The van der Waals surface area contributed by atoms with Gasteiger partial charge in [-0.2, -0.15) is 0 Å². The molecule has 0 saturated heterocycles. The molecular formula is C24H16OS3. The number of hydrogen-bond acceptors (Lipinski definition) is 4. The van der Waals surface area contributed by atoms with Gasteiger partial charge in [-0.1, -0.05) is 43.3 Å². The van der Waals surface area contributed by atoms with Crippen molar-refractivity contribution >= 4 is 60.0 Å². The fraction of sp³-hybridized carbons (Fsp3) is 0.125.